The molecule has 3 atom stereocenters. The van der Waals surface area contributed by atoms with Crippen LogP contribution in [0.5, 0.6) is 0 Å². The van der Waals surface area contributed by atoms with Crippen LogP contribution in [-0.2, 0) is 20.4 Å². The van der Waals surface area contributed by atoms with E-state index in [4.69, 9.17) is 18.9 Å². The number of hydrogen-bond acceptors (Lipinski definition) is 7. The summed E-state index contributed by atoms with van der Waals surface area (Å²) in [5, 5.41) is 5.72. The van der Waals surface area contributed by atoms with Gasteiger partial charge in [-0.1, -0.05) is 81.4 Å². The number of nitrogens with one attached hydrogen (secondary N) is 1. The Labute approximate surface area is 274 Å². The fourth-order valence-corrected chi connectivity index (χ4v) is 11.5. The van der Waals surface area contributed by atoms with E-state index in [0.717, 1.165) is 15.0 Å². The lowest BCUT2D eigenvalue weighted by Crippen LogP contribution is -2.67. The number of ether oxygens (including phenoxy) is 2. The molecule has 0 amide bonds. The van der Waals surface area contributed by atoms with Crippen molar-refractivity contribution in [2.75, 3.05) is 32.9 Å². The Balaban J connectivity index is 1.46. The van der Waals surface area contributed by atoms with Gasteiger partial charge in [0.2, 0.25) is 5.96 Å². The normalized spacial score (nSPS) is 20.6. The second-order valence-corrected chi connectivity index (χ2v) is 18.4. The monoisotopic (exact) mass is 731 g/mol. The number of aliphatic imine (C=N–C) groups is 2. The van der Waals surface area contributed by atoms with Gasteiger partial charge < -0.3 is 28.7 Å². The molecule has 0 spiro atoms. The molecule has 0 saturated carbocycles. The Morgan fingerprint density at radius 2 is 1.79 bits per heavy atom. The molecule has 2 aliphatic heterocycles. The molecule has 2 aliphatic rings. The first-order chi connectivity index (χ1) is 20.6. The molecule has 43 heavy (non-hydrogen) atoms. The van der Waals surface area contributed by atoms with Crippen LogP contribution in [0, 0.1) is 3.57 Å². The maximum absolute atomic E-state index is 7.29. The van der Waals surface area contributed by atoms with E-state index in [1.807, 2.05) is 19.0 Å². The van der Waals surface area contributed by atoms with Crippen LogP contribution in [0.1, 0.15) is 39.0 Å². The van der Waals surface area contributed by atoms with E-state index in [9.17, 15) is 0 Å². The highest BCUT2D eigenvalue weighted by molar-refractivity contribution is 14.1. The second-order valence-electron chi connectivity index (χ2n) is 12.1. The van der Waals surface area contributed by atoms with E-state index in [1.165, 1.54) is 10.4 Å². The van der Waals surface area contributed by atoms with Crippen LogP contribution >= 0.6 is 34.4 Å². The first-order valence-electron chi connectivity index (χ1n) is 14.6. The van der Waals surface area contributed by atoms with Gasteiger partial charge in [-0.15, -0.1) is 11.8 Å². The molecule has 0 aliphatic carbocycles. The van der Waals surface area contributed by atoms with E-state index in [-0.39, 0.29) is 23.5 Å². The van der Waals surface area contributed by atoms with Crippen LogP contribution in [0.25, 0.3) is 0 Å². The summed E-state index contributed by atoms with van der Waals surface area (Å²) in [5.74, 6) is 2.08. The maximum atomic E-state index is 7.29. The third-order valence-corrected chi connectivity index (χ3v) is 14.2. The minimum absolute atomic E-state index is 0.108. The summed E-state index contributed by atoms with van der Waals surface area (Å²) in [6.07, 6.45) is 6.10. The minimum Gasteiger partial charge on any atom is -0.405 e. The highest BCUT2D eigenvalue weighted by Gasteiger charge is 2.51. The van der Waals surface area contributed by atoms with E-state index in [1.54, 1.807) is 18.1 Å². The highest BCUT2D eigenvalue weighted by Crippen LogP contribution is 2.41. The molecule has 230 valence electrons. The smallest absolute Gasteiger partial charge is 0.261 e. The molecule has 0 radical (unpaired) electrons. The molecule has 0 bridgehead atoms. The van der Waals surface area contributed by atoms with E-state index in [2.05, 4.69) is 131 Å². The van der Waals surface area contributed by atoms with Crippen molar-refractivity contribution in [3.63, 3.8) is 0 Å². The molecule has 1 aromatic heterocycles. The zero-order valence-corrected chi connectivity index (χ0v) is 29.8. The molecule has 3 aromatic rings. The molecule has 3 heterocycles. The van der Waals surface area contributed by atoms with Crippen LogP contribution in [0.2, 0.25) is 5.04 Å². The zero-order valence-electron chi connectivity index (χ0n) is 25.8. The number of benzene rings is 2. The number of fused-ring (bicyclic) bond motifs is 1. The largest absolute Gasteiger partial charge is 0.405 e. The fraction of sp³-hybridized carbons (Fsp3) is 0.438. The first kappa shape index (κ1) is 32.2. The lowest BCUT2D eigenvalue weighted by atomic mass is 10.2. The Hall–Kier alpha value is -2.16. The number of rotatable bonds is 10. The summed E-state index contributed by atoms with van der Waals surface area (Å²) in [4.78, 5) is 11.3. The van der Waals surface area contributed by atoms with Gasteiger partial charge in [0, 0.05) is 42.4 Å². The van der Waals surface area contributed by atoms with Crippen molar-refractivity contribution >= 4 is 71.2 Å². The SMILES string of the molecule is CSCOC1C[C@H](n2cc(I)c3c2N=C(/N=C\N(C)C)NC3)O[C@@H]1CO[Si](c1ccccc1)(c1ccccc1)C(C)(C)C. The second kappa shape index (κ2) is 13.9. The van der Waals surface area contributed by atoms with Crippen LogP contribution in [0.3, 0.4) is 0 Å². The van der Waals surface area contributed by atoms with Crippen molar-refractivity contribution in [1.82, 2.24) is 14.8 Å². The molecule has 1 unspecified atom stereocenters. The molecule has 5 rings (SSSR count). The standard InChI is InChI=1S/C32H42IN5O3SSi/c1-32(2,3)43(23-13-9-7-10-14-23,24-15-11-8-12-16-24)40-20-28-27(39-22-42-6)17-29(41-28)38-19-26(33)25-18-34-31(36-30(25)38)35-21-37(4)5/h7-16,19,21,27-29H,17-18,20,22H2,1-6H3,(H,34,36)/b35-21-/t27?,28-,29-/m1/s1. The summed E-state index contributed by atoms with van der Waals surface area (Å²) in [6, 6.07) is 21.5. The molecular formula is C32H42IN5O3SSi. The summed E-state index contributed by atoms with van der Waals surface area (Å²) >= 11 is 4.06. The number of halogens is 1. The Kier molecular flexibility index (Phi) is 10.4. The average molecular weight is 732 g/mol. The van der Waals surface area contributed by atoms with Crippen molar-refractivity contribution < 1.29 is 13.9 Å². The number of nitrogens with zero attached hydrogens (tertiary/aromatic N) is 4. The number of thioether (sulfide) groups is 1. The average Bonchev–Trinajstić information content (AvgIpc) is 3.55. The third-order valence-electron chi connectivity index (χ3n) is 7.87. The molecule has 8 nitrogen and oxygen atoms in total. The van der Waals surface area contributed by atoms with Crippen molar-refractivity contribution in [3.8, 4) is 0 Å². The number of aromatic nitrogens is 1. The van der Waals surface area contributed by atoms with Gasteiger partial charge >= 0.3 is 0 Å². The predicted octanol–water partition coefficient (Wildman–Crippen LogP) is 5.34. The topological polar surface area (TPSA) is 72.6 Å². The first-order valence-corrected chi connectivity index (χ1v) is 19.0. The summed E-state index contributed by atoms with van der Waals surface area (Å²) in [7, 11) is 1.16. The summed E-state index contributed by atoms with van der Waals surface area (Å²) in [6.45, 7) is 8.01. The highest BCUT2D eigenvalue weighted by atomic mass is 127. The van der Waals surface area contributed by atoms with Gasteiger partial charge in [-0.05, 0) is 44.3 Å². The van der Waals surface area contributed by atoms with E-state index in [0.29, 0.717) is 31.5 Å². The summed E-state index contributed by atoms with van der Waals surface area (Å²) in [5.41, 5.74) is 1.15. The Morgan fingerprint density at radius 1 is 1.14 bits per heavy atom. The van der Waals surface area contributed by atoms with E-state index >= 15 is 0 Å². The summed E-state index contributed by atoms with van der Waals surface area (Å²) < 4.78 is 23.8. The van der Waals surface area contributed by atoms with Gasteiger partial charge in [0.15, 0.2) is 0 Å². The van der Waals surface area contributed by atoms with Crippen molar-refractivity contribution in [3.05, 3.63) is 76.0 Å². The fourth-order valence-electron chi connectivity index (χ4n) is 5.90. The van der Waals surface area contributed by atoms with Gasteiger partial charge in [0.25, 0.3) is 8.32 Å². The van der Waals surface area contributed by atoms with E-state index < -0.39 is 8.32 Å². The molecule has 1 saturated heterocycles. The van der Waals surface area contributed by atoms with Crippen LogP contribution < -0.4 is 15.7 Å². The van der Waals surface area contributed by atoms with Gasteiger partial charge in [0.1, 0.15) is 18.1 Å². The van der Waals surface area contributed by atoms with Gasteiger partial charge in [-0.3, -0.25) is 0 Å². The minimum atomic E-state index is -2.72. The molecule has 2 aromatic carbocycles. The third kappa shape index (κ3) is 6.91. The number of guanidine groups is 1. The van der Waals surface area contributed by atoms with Crippen molar-refractivity contribution in [2.45, 2.75) is 57.2 Å². The lowest BCUT2D eigenvalue weighted by Gasteiger charge is -2.43. The Bertz CT molecular complexity index is 1390. The predicted molar refractivity (Wildman–Crippen MR) is 189 cm³/mol. The Morgan fingerprint density at radius 3 is 2.37 bits per heavy atom. The zero-order chi connectivity index (χ0) is 30.6. The lowest BCUT2D eigenvalue weighted by molar-refractivity contribution is -0.0505. The molecule has 1 N–H and O–H groups in total. The van der Waals surface area contributed by atoms with Gasteiger partial charge in [-0.2, -0.15) is 4.99 Å². The molecule has 1 fully saturated rings. The van der Waals surface area contributed by atoms with Gasteiger partial charge in [0.05, 0.1) is 25.0 Å². The van der Waals surface area contributed by atoms with Crippen LogP contribution in [0.4, 0.5) is 5.82 Å². The maximum Gasteiger partial charge on any atom is 0.261 e. The van der Waals surface area contributed by atoms with Gasteiger partial charge in [-0.25, -0.2) is 4.99 Å². The number of hydrogen-bond donors (Lipinski definition) is 1. The molecule has 11 heteroatoms. The van der Waals surface area contributed by atoms with Crippen LogP contribution in [0.15, 0.2) is 76.8 Å². The molecular weight excluding hydrogens is 689 g/mol. The quantitative estimate of drug-likeness (QED) is 0.0999. The van der Waals surface area contributed by atoms with Crippen molar-refractivity contribution in [2.24, 2.45) is 9.98 Å². The van der Waals surface area contributed by atoms with Crippen molar-refractivity contribution in [1.29, 1.82) is 0 Å². The van der Waals surface area contributed by atoms with Crippen LogP contribution in [-0.4, -0.2) is 75.2 Å².